The van der Waals surface area contributed by atoms with E-state index in [4.69, 9.17) is 0 Å². The van der Waals surface area contributed by atoms with Crippen LogP contribution in [-0.2, 0) is 16.0 Å². The summed E-state index contributed by atoms with van der Waals surface area (Å²) in [6.07, 6.45) is 0.755. The molecule has 7 nitrogen and oxygen atoms in total. The normalized spacial score (nSPS) is 12.6. The number of carbonyl (C=O) groups excluding carboxylic acids is 3. The second-order valence-corrected chi connectivity index (χ2v) is 6.26. The number of halogens is 1. The second kappa shape index (κ2) is 7.86. The Bertz CT molecular complexity index is 914. The molecule has 0 aliphatic carbocycles. The summed E-state index contributed by atoms with van der Waals surface area (Å²) in [6.45, 7) is 1.56. The van der Waals surface area contributed by atoms with E-state index >= 15 is 0 Å². The molecule has 0 unspecified atom stereocenters. The number of amides is 4. The molecule has 27 heavy (non-hydrogen) atoms. The average Bonchev–Trinajstić information content (AvgIpc) is 2.61. The number of hydrogen-bond donors (Lipinski definition) is 4. The van der Waals surface area contributed by atoms with Gasteiger partial charge in [0.1, 0.15) is 5.82 Å². The van der Waals surface area contributed by atoms with Gasteiger partial charge in [0.2, 0.25) is 11.8 Å². The summed E-state index contributed by atoms with van der Waals surface area (Å²) in [5, 5.41) is 10.1. The molecule has 0 atom stereocenters. The van der Waals surface area contributed by atoms with Crippen molar-refractivity contribution in [1.29, 1.82) is 0 Å². The van der Waals surface area contributed by atoms with Crippen molar-refractivity contribution in [1.82, 2.24) is 5.32 Å². The van der Waals surface area contributed by atoms with Gasteiger partial charge in [0.25, 0.3) is 0 Å². The number of rotatable bonds is 4. The first-order valence-corrected chi connectivity index (χ1v) is 8.44. The maximum atomic E-state index is 14.1. The van der Waals surface area contributed by atoms with Crippen LogP contribution in [0.2, 0.25) is 0 Å². The predicted octanol–water partition coefficient (Wildman–Crippen LogP) is 2.78. The van der Waals surface area contributed by atoms with Gasteiger partial charge in [-0.2, -0.15) is 0 Å². The molecule has 0 saturated carbocycles. The highest BCUT2D eigenvalue weighted by Gasteiger charge is 2.18. The quantitative estimate of drug-likeness (QED) is 0.666. The molecule has 1 aliphatic heterocycles. The molecule has 4 N–H and O–H groups in total. The third-order valence-corrected chi connectivity index (χ3v) is 4.05. The fourth-order valence-corrected chi connectivity index (χ4v) is 2.75. The fourth-order valence-electron chi connectivity index (χ4n) is 2.75. The third-order valence-electron chi connectivity index (χ3n) is 4.05. The molecular weight excluding hydrogens is 351 g/mol. The summed E-state index contributed by atoms with van der Waals surface area (Å²) in [4.78, 5) is 35.3. The SMILES string of the molecule is Cc1cccc(NC(=O)NCC(=O)Nc2cc3c(cc2F)CCC(=O)N3)c1. The minimum Gasteiger partial charge on any atom is -0.329 e. The lowest BCUT2D eigenvalue weighted by atomic mass is 10.0. The van der Waals surface area contributed by atoms with E-state index in [9.17, 15) is 18.8 Å². The third kappa shape index (κ3) is 4.81. The first-order chi connectivity index (χ1) is 12.9. The van der Waals surface area contributed by atoms with E-state index in [1.165, 1.54) is 12.1 Å². The first kappa shape index (κ1) is 18.4. The van der Waals surface area contributed by atoms with Gasteiger partial charge in [0, 0.05) is 17.8 Å². The van der Waals surface area contributed by atoms with E-state index in [1.807, 2.05) is 13.0 Å². The van der Waals surface area contributed by atoms with E-state index in [1.54, 1.807) is 18.2 Å². The van der Waals surface area contributed by atoms with E-state index in [0.717, 1.165) is 5.56 Å². The molecule has 2 aromatic rings. The summed E-state index contributed by atoms with van der Waals surface area (Å²) in [5.74, 6) is -1.33. The summed E-state index contributed by atoms with van der Waals surface area (Å²) >= 11 is 0. The van der Waals surface area contributed by atoms with Crippen molar-refractivity contribution < 1.29 is 18.8 Å². The lowest BCUT2D eigenvalue weighted by molar-refractivity contribution is -0.116. The molecule has 4 amide bonds. The summed E-state index contributed by atoms with van der Waals surface area (Å²) in [7, 11) is 0. The van der Waals surface area contributed by atoms with E-state index in [2.05, 4.69) is 21.3 Å². The molecule has 2 aromatic carbocycles. The van der Waals surface area contributed by atoms with Crippen molar-refractivity contribution >= 4 is 34.9 Å². The molecule has 3 rings (SSSR count). The van der Waals surface area contributed by atoms with Gasteiger partial charge in [-0.25, -0.2) is 9.18 Å². The van der Waals surface area contributed by atoms with Crippen molar-refractivity contribution in [2.75, 3.05) is 22.5 Å². The molecule has 0 fully saturated rings. The van der Waals surface area contributed by atoms with Gasteiger partial charge in [-0.3, -0.25) is 9.59 Å². The molecular formula is C19H19FN4O3. The first-order valence-electron chi connectivity index (χ1n) is 8.44. The number of aryl methyl sites for hydroxylation is 2. The fraction of sp³-hybridized carbons (Fsp3) is 0.211. The highest BCUT2D eigenvalue weighted by Crippen LogP contribution is 2.28. The molecule has 1 aliphatic rings. The molecule has 0 radical (unpaired) electrons. The predicted molar refractivity (Wildman–Crippen MR) is 100 cm³/mol. The summed E-state index contributed by atoms with van der Waals surface area (Å²) < 4.78 is 14.1. The maximum Gasteiger partial charge on any atom is 0.319 e. The minimum atomic E-state index is -0.595. The zero-order chi connectivity index (χ0) is 19.4. The van der Waals surface area contributed by atoms with Crippen LogP contribution in [0.25, 0.3) is 0 Å². The van der Waals surface area contributed by atoms with E-state index in [-0.39, 0.29) is 18.1 Å². The highest BCUT2D eigenvalue weighted by atomic mass is 19.1. The van der Waals surface area contributed by atoms with Gasteiger partial charge < -0.3 is 21.3 Å². The van der Waals surface area contributed by atoms with Crippen molar-refractivity contribution in [3.63, 3.8) is 0 Å². The zero-order valence-corrected chi connectivity index (χ0v) is 14.7. The van der Waals surface area contributed by atoms with Crippen LogP contribution in [0.4, 0.5) is 26.2 Å². The Morgan fingerprint density at radius 2 is 1.96 bits per heavy atom. The van der Waals surface area contributed by atoms with Crippen LogP contribution in [-0.4, -0.2) is 24.4 Å². The maximum absolute atomic E-state index is 14.1. The number of carbonyl (C=O) groups is 3. The number of anilines is 3. The van der Waals surface area contributed by atoms with Crippen LogP contribution in [0.15, 0.2) is 36.4 Å². The van der Waals surface area contributed by atoms with E-state index < -0.39 is 17.8 Å². The summed E-state index contributed by atoms with van der Waals surface area (Å²) in [5.41, 5.74) is 2.69. The van der Waals surface area contributed by atoms with E-state index in [0.29, 0.717) is 29.8 Å². The Labute approximate surface area is 155 Å². The molecule has 0 aromatic heterocycles. The van der Waals surface area contributed by atoms with Gasteiger partial charge in [0.15, 0.2) is 0 Å². The van der Waals surface area contributed by atoms with Crippen LogP contribution >= 0.6 is 0 Å². The van der Waals surface area contributed by atoms with Gasteiger partial charge in [0.05, 0.1) is 12.2 Å². The topological polar surface area (TPSA) is 99.3 Å². The van der Waals surface area contributed by atoms with Crippen LogP contribution in [0.1, 0.15) is 17.5 Å². The molecule has 8 heteroatoms. The number of benzene rings is 2. The van der Waals surface area contributed by atoms with Crippen LogP contribution in [0.5, 0.6) is 0 Å². The van der Waals surface area contributed by atoms with Crippen LogP contribution in [0, 0.1) is 12.7 Å². The van der Waals surface area contributed by atoms with Crippen LogP contribution < -0.4 is 21.3 Å². The molecule has 0 spiro atoms. The number of hydrogen-bond acceptors (Lipinski definition) is 3. The average molecular weight is 370 g/mol. The Morgan fingerprint density at radius 3 is 2.74 bits per heavy atom. The molecule has 0 bridgehead atoms. The number of nitrogens with one attached hydrogen (secondary N) is 4. The lowest BCUT2D eigenvalue weighted by Crippen LogP contribution is -2.36. The Balaban J connectivity index is 1.55. The highest BCUT2D eigenvalue weighted by molar-refractivity contribution is 5.99. The second-order valence-electron chi connectivity index (χ2n) is 6.26. The zero-order valence-electron chi connectivity index (χ0n) is 14.7. The Morgan fingerprint density at radius 1 is 1.15 bits per heavy atom. The summed E-state index contributed by atoms with van der Waals surface area (Å²) in [6, 6.07) is 9.34. The van der Waals surface area contributed by atoms with Crippen molar-refractivity contribution in [2.24, 2.45) is 0 Å². The molecule has 1 heterocycles. The van der Waals surface area contributed by atoms with Gasteiger partial charge in [-0.1, -0.05) is 12.1 Å². The number of urea groups is 1. The Hall–Kier alpha value is -3.42. The van der Waals surface area contributed by atoms with Crippen LogP contribution in [0.3, 0.4) is 0 Å². The molecule has 140 valence electrons. The van der Waals surface area contributed by atoms with Gasteiger partial charge in [-0.15, -0.1) is 0 Å². The minimum absolute atomic E-state index is 0.0538. The monoisotopic (exact) mass is 370 g/mol. The molecule has 0 saturated heterocycles. The van der Waals surface area contributed by atoms with Gasteiger partial charge in [-0.05, 0) is 48.7 Å². The van der Waals surface area contributed by atoms with Gasteiger partial charge >= 0.3 is 6.03 Å². The Kier molecular flexibility index (Phi) is 5.35. The van der Waals surface area contributed by atoms with Crippen molar-refractivity contribution in [3.05, 3.63) is 53.3 Å². The lowest BCUT2D eigenvalue weighted by Gasteiger charge is -2.18. The largest absolute Gasteiger partial charge is 0.329 e. The smallest absolute Gasteiger partial charge is 0.319 e. The van der Waals surface area contributed by atoms with Crippen molar-refractivity contribution in [3.8, 4) is 0 Å². The number of fused-ring (bicyclic) bond motifs is 1. The standard InChI is InChI=1S/C19H19FN4O3/c1-11-3-2-4-13(7-11)22-19(27)21-10-18(26)24-16-9-15-12(8-14(16)20)5-6-17(25)23-15/h2-4,7-9H,5-6,10H2,1H3,(H,23,25)(H,24,26)(H2,21,22,27). The van der Waals surface area contributed by atoms with Crippen molar-refractivity contribution in [2.45, 2.75) is 19.8 Å².